The second-order valence-corrected chi connectivity index (χ2v) is 2.69. The van der Waals surface area contributed by atoms with Crippen LogP contribution in [0, 0.1) is 19.3 Å². The molecule has 62 valence electrons. The predicted molar refractivity (Wildman–Crippen MR) is 48.9 cm³/mol. The summed E-state index contributed by atoms with van der Waals surface area (Å²) in [7, 11) is 0. The van der Waals surface area contributed by atoms with E-state index in [4.69, 9.17) is 6.42 Å². The molecular formula is C10H11NO. The van der Waals surface area contributed by atoms with Crippen LogP contribution >= 0.6 is 0 Å². The highest BCUT2D eigenvalue weighted by Gasteiger charge is 1.93. The molecule has 0 unspecified atom stereocenters. The Labute approximate surface area is 71.8 Å². The molecule has 0 aliphatic carbocycles. The van der Waals surface area contributed by atoms with Crippen LogP contribution in [0.3, 0.4) is 0 Å². The molecule has 12 heavy (non-hydrogen) atoms. The summed E-state index contributed by atoms with van der Waals surface area (Å²) >= 11 is 0. The van der Waals surface area contributed by atoms with Gasteiger partial charge in [-0.15, -0.1) is 12.3 Å². The fraction of sp³-hybridized carbons (Fsp3) is 0.300. The molecule has 2 heteroatoms. The summed E-state index contributed by atoms with van der Waals surface area (Å²) in [5.74, 6) is 2.50. The molecule has 0 amide bonds. The SMILES string of the molecule is C#CCCn1ccc(C)cc1=O. The minimum atomic E-state index is 0.0188. The van der Waals surface area contributed by atoms with E-state index in [1.165, 1.54) is 0 Å². The standard InChI is InChI=1S/C10H11NO/c1-3-4-6-11-7-5-9(2)8-10(11)12/h1,5,7-8H,4,6H2,2H3. The Morgan fingerprint density at radius 1 is 1.67 bits per heavy atom. The lowest BCUT2D eigenvalue weighted by molar-refractivity contribution is 0.688. The largest absolute Gasteiger partial charge is 0.315 e. The number of terminal acetylenes is 1. The molecule has 0 aromatic carbocycles. The van der Waals surface area contributed by atoms with Gasteiger partial charge < -0.3 is 4.57 Å². The Kier molecular flexibility index (Phi) is 2.71. The Morgan fingerprint density at radius 3 is 3.00 bits per heavy atom. The van der Waals surface area contributed by atoms with Crippen LogP contribution in [0.15, 0.2) is 23.1 Å². The summed E-state index contributed by atoms with van der Waals surface area (Å²) in [5, 5.41) is 0. The normalized spacial score (nSPS) is 9.33. The highest BCUT2D eigenvalue weighted by Crippen LogP contribution is 1.91. The fourth-order valence-corrected chi connectivity index (χ4v) is 0.977. The van der Waals surface area contributed by atoms with Crippen molar-refractivity contribution in [3.63, 3.8) is 0 Å². The van der Waals surface area contributed by atoms with Gasteiger partial charge in [-0.3, -0.25) is 4.79 Å². The van der Waals surface area contributed by atoms with Crippen molar-refractivity contribution in [2.24, 2.45) is 0 Å². The Morgan fingerprint density at radius 2 is 2.42 bits per heavy atom. The molecule has 0 fully saturated rings. The van der Waals surface area contributed by atoms with Crippen LogP contribution in [-0.2, 0) is 6.54 Å². The molecule has 0 N–H and O–H groups in total. The maximum Gasteiger partial charge on any atom is 0.250 e. The van der Waals surface area contributed by atoms with E-state index < -0.39 is 0 Å². The van der Waals surface area contributed by atoms with Crippen LogP contribution in [0.25, 0.3) is 0 Å². The number of hydrogen-bond donors (Lipinski definition) is 0. The van der Waals surface area contributed by atoms with E-state index in [0.717, 1.165) is 5.56 Å². The molecule has 1 aromatic heterocycles. The third kappa shape index (κ3) is 2.00. The number of rotatable bonds is 2. The first-order valence-electron chi connectivity index (χ1n) is 3.84. The molecule has 0 saturated heterocycles. The number of hydrogen-bond acceptors (Lipinski definition) is 1. The van der Waals surface area contributed by atoms with Gasteiger partial charge in [-0.25, -0.2) is 0 Å². The van der Waals surface area contributed by atoms with Gasteiger partial charge in [-0.05, 0) is 18.6 Å². The zero-order valence-electron chi connectivity index (χ0n) is 7.08. The molecule has 0 radical (unpaired) electrons. The van der Waals surface area contributed by atoms with E-state index in [1.807, 2.05) is 13.0 Å². The van der Waals surface area contributed by atoms with E-state index in [0.29, 0.717) is 13.0 Å². The zero-order valence-corrected chi connectivity index (χ0v) is 7.08. The van der Waals surface area contributed by atoms with Gasteiger partial charge in [-0.2, -0.15) is 0 Å². The average Bonchev–Trinajstić information content (AvgIpc) is 2.03. The topological polar surface area (TPSA) is 22.0 Å². The lowest BCUT2D eigenvalue weighted by Crippen LogP contribution is -2.18. The first-order valence-corrected chi connectivity index (χ1v) is 3.84. The molecule has 2 nitrogen and oxygen atoms in total. The maximum absolute atomic E-state index is 11.2. The number of nitrogens with zero attached hydrogens (tertiary/aromatic N) is 1. The number of aryl methyl sites for hydroxylation is 2. The van der Waals surface area contributed by atoms with Crippen LogP contribution in [0.1, 0.15) is 12.0 Å². The summed E-state index contributed by atoms with van der Waals surface area (Å²) in [5.41, 5.74) is 1.00. The summed E-state index contributed by atoms with van der Waals surface area (Å²) in [6, 6.07) is 3.51. The number of aromatic nitrogens is 1. The van der Waals surface area contributed by atoms with Gasteiger partial charge in [-0.1, -0.05) is 0 Å². The first-order chi connectivity index (χ1) is 5.74. The van der Waals surface area contributed by atoms with Crippen LogP contribution in [0.2, 0.25) is 0 Å². The lowest BCUT2D eigenvalue weighted by Gasteiger charge is -2.01. The third-order valence-corrected chi connectivity index (χ3v) is 1.65. The number of pyridine rings is 1. The molecule has 0 aliphatic heterocycles. The van der Waals surface area contributed by atoms with E-state index >= 15 is 0 Å². The highest BCUT2D eigenvalue weighted by atomic mass is 16.1. The minimum absolute atomic E-state index is 0.0188. The Bertz CT molecular complexity index is 357. The van der Waals surface area contributed by atoms with Crippen molar-refractivity contribution >= 4 is 0 Å². The summed E-state index contributed by atoms with van der Waals surface area (Å²) in [6.45, 7) is 2.50. The van der Waals surface area contributed by atoms with Crippen LogP contribution < -0.4 is 5.56 Å². The monoisotopic (exact) mass is 161 g/mol. The Balaban J connectivity index is 2.89. The molecule has 0 saturated carbocycles. The van der Waals surface area contributed by atoms with Gasteiger partial charge in [0, 0.05) is 25.2 Å². The summed E-state index contributed by atoms with van der Waals surface area (Å²) in [4.78, 5) is 11.2. The predicted octanol–water partition coefficient (Wildman–Crippen LogP) is 1.18. The second-order valence-electron chi connectivity index (χ2n) is 2.69. The average molecular weight is 161 g/mol. The lowest BCUT2D eigenvalue weighted by atomic mass is 10.3. The van der Waals surface area contributed by atoms with Crippen LogP contribution in [0.4, 0.5) is 0 Å². The Hall–Kier alpha value is -1.49. The first kappa shape index (κ1) is 8.61. The zero-order chi connectivity index (χ0) is 8.97. The van der Waals surface area contributed by atoms with E-state index in [-0.39, 0.29) is 5.56 Å². The third-order valence-electron chi connectivity index (χ3n) is 1.65. The summed E-state index contributed by atoms with van der Waals surface area (Å²) in [6.07, 6.45) is 7.46. The van der Waals surface area contributed by atoms with Crippen molar-refractivity contribution in [1.82, 2.24) is 4.57 Å². The minimum Gasteiger partial charge on any atom is -0.315 e. The van der Waals surface area contributed by atoms with Crippen molar-refractivity contribution in [2.75, 3.05) is 0 Å². The molecule has 0 aliphatic rings. The molecular weight excluding hydrogens is 150 g/mol. The molecule has 0 spiro atoms. The van der Waals surface area contributed by atoms with E-state index in [1.54, 1.807) is 16.8 Å². The summed E-state index contributed by atoms with van der Waals surface area (Å²) < 4.78 is 1.62. The molecule has 1 heterocycles. The molecule has 0 bridgehead atoms. The quantitative estimate of drug-likeness (QED) is 0.597. The van der Waals surface area contributed by atoms with E-state index in [9.17, 15) is 4.79 Å². The van der Waals surface area contributed by atoms with Gasteiger partial charge in [0.15, 0.2) is 0 Å². The van der Waals surface area contributed by atoms with Crippen molar-refractivity contribution in [3.8, 4) is 12.3 Å². The van der Waals surface area contributed by atoms with Gasteiger partial charge >= 0.3 is 0 Å². The van der Waals surface area contributed by atoms with E-state index in [2.05, 4.69) is 5.92 Å². The van der Waals surface area contributed by atoms with Gasteiger partial charge in [0.2, 0.25) is 0 Å². The van der Waals surface area contributed by atoms with Crippen LogP contribution in [0.5, 0.6) is 0 Å². The van der Waals surface area contributed by atoms with Crippen LogP contribution in [-0.4, -0.2) is 4.57 Å². The molecule has 1 aromatic rings. The molecule has 1 rings (SSSR count). The van der Waals surface area contributed by atoms with Crippen molar-refractivity contribution in [3.05, 3.63) is 34.2 Å². The van der Waals surface area contributed by atoms with Gasteiger partial charge in [0.1, 0.15) is 0 Å². The van der Waals surface area contributed by atoms with Crippen molar-refractivity contribution in [1.29, 1.82) is 0 Å². The van der Waals surface area contributed by atoms with Gasteiger partial charge in [0.05, 0.1) is 0 Å². The van der Waals surface area contributed by atoms with Gasteiger partial charge in [0.25, 0.3) is 5.56 Å². The molecule has 0 atom stereocenters. The fourth-order valence-electron chi connectivity index (χ4n) is 0.977. The van der Waals surface area contributed by atoms with Crippen molar-refractivity contribution in [2.45, 2.75) is 19.9 Å². The maximum atomic E-state index is 11.2. The smallest absolute Gasteiger partial charge is 0.250 e. The highest BCUT2D eigenvalue weighted by molar-refractivity contribution is 5.08. The second kappa shape index (κ2) is 3.77. The van der Waals surface area contributed by atoms with Crippen molar-refractivity contribution < 1.29 is 0 Å².